The zero-order valence-corrected chi connectivity index (χ0v) is 8.69. The third-order valence-corrected chi connectivity index (χ3v) is 2.11. The second-order valence-electron chi connectivity index (χ2n) is 3.04. The van der Waals surface area contributed by atoms with E-state index >= 15 is 0 Å². The zero-order valence-electron chi connectivity index (χ0n) is 8.69. The van der Waals surface area contributed by atoms with Crippen molar-refractivity contribution in [1.29, 1.82) is 0 Å². The summed E-state index contributed by atoms with van der Waals surface area (Å²) in [5.41, 5.74) is 0.850. The first-order chi connectivity index (χ1) is 7.35. The second-order valence-corrected chi connectivity index (χ2v) is 3.04. The lowest BCUT2D eigenvalue weighted by Crippen LogP contribution is -1.90. The molecule has 2 rings (SSSR count). The Bertz CT molecular complexity index is 452. The van der Waals surface area contributed by atoms with Crippen LogP contribution in [0, 0.1) is 0 Å². The normalized spacial score (nSPS) is 10.3. The van der Waals surface area contributed by atoms with Crippen LogP contribution in [0.25, 0.3) is 11.4 Å². The number of nitrogens with zero attached hydrogens (tertiary/aromatic N) is 3. The Morgan fingerprint density at radius 1 is 1.47 bits per heavy atom. The van der Waals surface area contributed by atoms with Crippen LogP contribution in [0.2, 0.25) is 0 Å². The van der Waals surface area contributed by atoms with Gasteiger partial charge in [0.15, 0.2) is 5.82 Å². The maximum atomic E-state index is 5.19. The molecule has 0 bridgehead atoms. The fourth-order valence-electron chi connectivity index (χ4n) is 1.30. The largest absolute Gasteiger partial charge is 0.494 e. The number of nitrogens with one attached hydrogen (secondary N) is 1. The molecule has 0 radical (unpaired) electrons. The van der Waals surface area contributed by atoms with Gasteiger partial charge in [0.05, 0.1) is 18.9 Å². The summed E-state index contributed by atoms with van der Waals surface area (Å²) in [7, 11) is 1.61. The first-order valence-corrected chi connectivity index (χ1v) is 4.74. The van der Waals surface area contributed by atoms with Crippen LogP contribution < -0.4 is 4.74 Å². The van der Waals surface area contributed by atoms with Crippen LogP contribution in [-0.2, 0) is 6.42 Å². The Morgan fingerprint density at radius 2 is 2.33 bits per heavy atom. The van der Waals surface area contributed by atoms with Gasteiger partial charge in [-0.1, -0.05) is 6.92 Å². The van der Waals surface area contributed by atoms with Crippen molar-refractivity contribution in [1.82, 2.24) is 20.2 Å². The molecule has 0 unspecified atom stereocenters. The van der Waals surface area contributed by atoms with Crippen molar-refractivity contribution in [3.05, 3.63) is 24.3 Å². The Hall–Kier alpha value is -1.91. The van der Waals surface area contributed by atoms with E-state index in [1.54, 1.807) is 19.5 Å². The highest BCUT2D eigenvalue weighted by atomic mass is 16.5. The summed E-state index contributed by atoms with van der Waals surface area (Å²) in [6, 6.07) is 1.83. The topological polar surface area (TPSA) is 63.7 Å². The molecule has 0 fully saturated rings. The summed E-state index contributed by atoms with van der Waals surface area (Å²) < 4.78 is 5.19. The Morgan fingerprint density at radius 3 is 3.00 bits per heavy atom. The molecule has 2 heterocycles. The van der Waals surface area contributed by atoms with E-state index in [4.69, 9.17) is 4.74 Å². The molecular weight excluding hydrogens is 192 g/mol. The number of rotatable bonds is 3. The molecular formula is C10H12N4O. The van der Waals surface area contributed by atoms with Crippen LogP contribution in [0.1, 0.15) is 12.7 Å². The minimum atomic E-state index is 0.645. The van der Waals surface area contributed by atoms with Gasteiger partial charge >= 0.3 is 0 Å². The average molecular weight is 204 g/mol. The van der Waals surface area contributed by atoms with Crippen molar-refractivity contribution in [3.63, 3.8) is 0 Å². The Kier molecular flexibility index (Phi) is 2.62. The predicted octanol–water partition coefficient (Wildman–Crippen LogP) is 1.44. The number of hydrogen-bond acceptors (Lipinski definition) is 4. The summed E-state index contributed by atoms with van der Waals surface area (Å²) in [6.07, 6.45) is 4.18. The van der Waals surface area contributed by atoms with Crippen LogP contribution in [-0.4, -0.2) is 27.3 Å². The van der Waals surface area contributed by atoms with E-state index in [9.17, 15) is 0 Å². The van der Waals surface area contributed by atoms with Crippen molar-refractivity contribution in [3.8, 4) is 17.1 Å². The molecule has 2 aromatic rings. The molecule has 0 atom stereocenters. The highest BCUT2D eigenvalue weighted by molar-refractivity contribution is 5.62. The fraction of sp³-hybridized carbons (Fsp3) is 0.300. The molecule has 0 aromatic carbocycles. The molecule has 0 spiro atoms. The quantitative estimate of drug-likeness (QED) is 0.821. The highest BCUT2D eigenvalue weighted by Crippen LogP contribution is 2.25. The van der Waals surface area contributed by atoms with E-state index in [1.807, 2.05) is 13.0 Å². The number of aromatic amines is 1. The van der Waals surface area contributed by atoms with Crippen molar-refractivity contribution < 1.29 is 4.74 Å². The summed E-state index contributed by atoms with van der Waals surface area (Å²) in [4.78, 5) is 8.31. The highest BCUT2D eigenvalue weighted by Gasteiger charge is 2.09. The van der Waals surface area contributed by atoms with E-state index in [0.717, 1.165) is 17.8 Å². The monoisotopic (exact) mass is 204 g/mol. The lowest BCUT2D eigenvalue weighted by Gasteiger charge is -2.02. The van der Waals surface area contributed by atoms with Gasteiger partial charge in [0.25, 0.3) is 0 Å². The van der Waals surface area contributed by atoms with Gasteiger partial charge in [-0.15, -0.1) is 0 Å². The maximum Gasteiger partial charge on any atom is 0.184 e. The lowest BCUT2D eigenvalue weighted by atomic mass is 10.2. The Labute approximate surface area is 87.5 Å². The molecule has 1 N–H and O–H groups in total. The van der Waals surface area contributed by atoms with Crippen molar-refractivity contribution in [2.24, 2.45) is 0 Å². The van der Waals surface area contributed by atoms with Crippen LogP contribution in [0.5, 0.6) is 5.75 Å². The van der Waals surface area contributed by atoms with Crippen LogP contribution >= 0.6 is 0 Å². The van der Waals surface area contributed by atoms with Crippen molar-refractivity contribution >= 4 is 0 Å². The van der Waals surface area contributed by atoms with E-state index in [-0.39, 0.29) is 0 Å². The predicted molar refractivity (Wildman–Crippen MR) is 55.5 cm³/mol. The van der Waals surface area contributed by atoms with Gasteiger partial charge in [0.1, 0.15) is 11.6 Å². The number of methoxy groups -OCH3 is 1. The van der Waals surface area contributed by atoms with Crippen molar-refractivity contribution in [2.45, 2.75) is 13.3 Å². The minimum Gasteiger partial charge on any atom is -0.494 e. The minimum absolute atomic E-state index is 0.645. The molecule has 5 nitrogen and oxygen atoms in total. The standard InChI is InChI=1S/C10H12N4O/c1-3-9-12-10(14-13-9)7-4-5-11-6-8(7)15-2/h4-6H,3H2,1-2H3,(H,12,13,14). The molecule has 0 saturated carbocycles. The van der Waals surface area contributed by atoms with Gasteiger partial charge in [-0.05, 0) is 6.07 Å². The molecule has 0 amide bonds. The summed E-state index contributed by atoms with van der Waals surface area (Å²) in [5, 5.41) is 6.99. The zero-order chi connectivity index (χ0) is 10.7. The van der Waals surface area contributed by atoms with Crippen LogP contribution in [0.4, 0.5) is 0 Å². The smallest absolute Gasteiger partial charge is 0.184 e. The van der Waals surface area contributed by atoms with Gasteiger partial charge in [-0.2, -0.15) is 5.10 Å². The number of H-pyrrole nitrogens is 1. The first kappa shape index (κ1) is 9.64. The fourth-order valence-corrected chi connectivity index (χ4v) is 1.30. The third-order valence-electron chi connectivity index (χ3n) is 2.11. The van der Waals surface area contributed by atoms with E-state index in [2.05, 4.69) is 20.2 Å². The second kappa shape index (κ2) is 4.08. The number of ether oxygens (including phenoxy) is 1. The lowest BCUT2D eigenvalue weighted by molar-refractivity contribution is 0.414. The number of pyridine rings is 1. The van der Waals surface area contributed by atoms with Crippen molar-refractivity contribution in [2.75, 3.05) is 7.11 Å². The van der Waals surface area contributed by atoms with Crippen LogP contribution in [0.15, 0.2) is 18.5 Å². The van der Waals surface area contributed by atoms with Gasteiger partial charge in [-0.3, -0.25) is 10.1 Å². The molecule has 0 saturated heterocycles. The van der Waals surface area contributed by atoms with Gasteiger partial charge in [-0.25, -0.2) is 4.98 Å². The molecule has 0 aliphatic carbocycles. The molecule has 0 aliphatic rings. The summed E-state index contributed by atoms with van der Waals surface area (Å²) in [5.74, 6) is 2.19. The summed E-state index contributed by atoms with van der Waals surface area (Å²) in [6.45, 7) is 2.02. The first-order valence-electron chi connectivity index (χ1n) is 4.74. The van der Waals surface area contributed by atoms with E-state index < -0.39 is 0 Å². The van der Waals surface area contributed by atoms with Gasteiger partial charge in [0, 0.05) is 12.6 Å². The van der Waals surface area contributed by atoms with Gasteiger partial charge in [0.2, 0.25) is 0 Å². The number of hydrogen-bond donors (Lipinski definition) is 1. The average Bonchev–Trinajstić information content (AvgIpc) is 2.77. The van der Waals surface area contributed by atoms with E-state index in [1.165, 1.54) is 0 Å². The SMILES string of the molecule is CCc1nc(-c2ccncc2OC)n[nH]1. The number of aryl methyl sites for hydroxylation is 1. The van der Waals surface area contributed by atoms with E-state index in [0.29, 0.717) is 11.6 Å². The Balaban J connectivity index is 2.44. The summed E-state index contributed by atoms with van der Waals surface area (Å²) >= 11 is 0. The molecule has 0 aliphatic heterocycles. The van der Waals surface area contributed by atoms with Gasteiger partial charge < -0.3 is 4.74 Å². The molecule has 78 valence electrons. The van der Waals surface area contributed by atoms with Crippen LogP contribution in [0.3, 0.4) is 0 Å². The molecule has 5 heteroatoms. The third kappa shape index (κ3) is 1.81. The molecule has 15 heavy (non-hydrogen) atoms. The molecule has 2 aromatic heterocycles. The maximum absolute atomic E-state index is 5.19. The number of aromatic nitrogens is 4.